The van der Waals surface area contributed by atoms with Crippen molar-refractivity contribution in [3.63, 3.8) is 0 Å². The Hall–Kier alpha value is -0.970. The number of halogens is 1. The lowest BCUT2D eigenvalue weighted by Gasteiger charge is -2.24. The molecule has 0 unspecified atom stereocenters. The number of hydrogen-bond donors (Lipinski definition) is 1. The molecule has 2 aliphatic rings. The van der Waals surface area contributed by atoms with Gasteiger partial charge >= 0.3 is 0 Å². The van der Waals surface area contributed by atoms with E-state index in [0.717, 1.165) is 25.2 Å². The van der Waals surface area contributed by atoms with Gasteiger partial charge in [0.05, 0.1) is 30.5 Å². The molecule has 1 spiro atoms. The number of rotatable bonds is 1. The number of anilines is 2. The maximum atomic E-state index is 6.20. The van der Waals surface area contributed by atoms with Gasteiger partial charge < -0.3 is 20.1 Å². The van der Waals surface area contributed by atoms with Crippen LogP contribution in [0, 0.1) is 0 Å². The second kappa shape index (κ2) is 4.05. The van der Waals surface area contributed by atoms with Crippen molar-refractivity contribution in [2.45, 2.75) is 12.2 Å². The Bertz CT molecular complexity index is 433. The molecule has 0 saturated carbocycles. The largest absolute Gasteiger partial charge is 0.399 e. The number of nitrogens with two attached hydrogens (primary N) is 1. The first kappa shape index (κ1) is 11.1. The highest BCUT2D eigenvalue weighted by molar-refractivity contribution is 6.33. The quantitative estimate of drug-likeness (QED) is 0.778. The van der Waals surface area contributed by atoms with Gasteiger partial charge in [-0.2, -0.15) is 0 Å². The predicted octanol–water partition coefficient (Wildman–Crippen LogP) is 1.88. The first-order valence-electron chi connectivity index (χ1n) is 5.76. The van der Waals surface area contributed by atoms with Crippen molar-refractivity contribution in [3.8, 4) is 0 Å². The van der Waals surface area contributed by atoms with Crippen LogP contribution in [-0.2, 0) is 9.47 Å². The lowest BCUT2D eigenvalue weighted by atomic mass is 10.2. The fraction of sp³-hybridized carbons (Fsp3) is 0.500. The van der Waals surface area contributed by atoms with Gasteiger partial charge in [0.15, 0.2) is 5.79 Å². The number of ether oxygens (including phenoxy) is 2. The summed E-state index contributed by atoms with van der Waals surface area (Å²) in [5.41, 5.74) is 7.37. The molecule has 2 fully saturated rings. The van der Waals surface area contributed by atoms with Gasteiger partial charge in [-0.15, -0.1) is 0 Å². The van der Waals surface area contributed by atoms with Crippen molar-refractivity contribution in [3.05, 3.63) is 23.2 Å². The van der Waals surface area contributed by atoms with E-state index in [1.807, 2.05) is 12.1 Å². The average Bonchev–Trinajstić information content (AvgIpc) is 2.90. The molecule has 0 bridgehead atoms. The second-order valence-corrected chi connectivity index (χ2v) is 4.90. The van der Waals surface area contributed by atoms with Gasteiger partial charge in [0, 0.05) is 18.7 Å². The van der Waals surface area contributed by atoms with E-state index >= 15 is 0 Å². The molecule has 1 aromatic carbocycles. The summed E-state index contributed by atoms with van der Waals surface area (Å²) in [5, 5.41) is 0.681. The second-order valence-electron chi connectivity index (χ2n) is 4.49. The zero-order valence-electron chi connectivity index (χ0n) is 9.49. The molecule has 2 heterocycles. The van der Waals surface area contributed by atoms with Crippen LogP contribution < -0.4 is 10.6 Å². The minimum atomic E-state index is -0.412. The van der Waals surface area contributed by atoms with Gasteiger partial charge in [-0.1, -0.05) is 11.6 Å². The Morgan fingerprint density at radius 2 is 2.06 bits per heavy atom. The Morgan fingerprint density at radius 3 is 2.76 bits per heavy atom. The lowest BCUT2D eigenvalue weighted by molar-refractivity contribution is -0.137. The molecule has 17 heavy (non-hydrogen) atoms. The summed E-state index contributed by atoms with van der Waals surface area (Å²) >= 11 is 6.20. The summed E-state index contributed by atoms with van der Waals surface area (Å²) in [4.78, 5) is 2.19. The van der Waals surface area contributed by atoms with E-state index in [4.69, 9.17) is 26.8 Å². The van der Waals surface area contributed by atoms with Gasteiger partial charge in [-0.25, -0.2) is 0 Å². The number of nitrogens with zero attached hydrogens (tertiary/aromatic N) is 1. The Kier molecular flexibility index (Phi) is 2.65. The van der Waals surface area contributed by atoms with Crippen LogP contribution in [0.4, 0.5) is 11.4 Å². The van der Waals surface area contributed by atoms with Crippen LogP contribution >= 0.6 is 11.6 Å². The van der Waals surface area contributed by atoms with Gasteiger partial charge in [0.2, 0.25) is 0 Å². The van der Waals surface area contributed by atoms with Crippen LogP contribution in [0.1, 0.15) is 6.42 Å². The van der Waals surface area contributed by atoms with Crippen molar-refractivity contribution in [2.24, 2.45) is 0 Å². The first-order chi connectivity index (χ1) is 8.19. The van der Waals surface area contributed by atoms with Gasteiger partial charge in [0.25, 0.3) is 0 Å². The summed E-state index contributed by atoms with van der Waals surface area (Å²) in [7, 11) is 0. The van der Waals surface area contributed by atoms with Crippen molar-refractivity contribution in [2.75, 3.05) is 36.9 Å². The summed E-state index contributed by atoms with van der Waals surface area (Å²) in [6, 6.07) is 5.59. The van der Waals surface area contributed by atoms with Crippen molar-refractivity contribution < 1.29 is 9.47 Å². The fourth-order valence-electron chi connectivity index (χ4n) is 2.47. The van der Waals surface area contributed by atoms with E-state index in [2.05, 4.69) is 4.90 Å². The number of nitrogen functional groups attached to an aromatic ring is 1. The molecule has 0 atom stereocenters. The Balaban J connectivity index is 1.82. The standard InChI is InChI=1S/C12H15ClN2O2/c13-10-7-9(14)1-2-11(10)15-4-3-12(8-15)16-5-6-17-12/h1-2,7H,3-6,8,14H2. The highest BCUT2D eigenvalue weighted by atomic mass is 35.5. The van der Waals surface area contributed by atoms with Gasteiger partial charge in [-0.3, -0.25) is 0 Å². The molecule has 2 saturated heterocycles. The third-order valence-corrected chi connectivity index (χ3v) is 3.62. The summed E-state index contributed by atoms with van der Waals surface area (Å²) in [6.45, 7) is 2.99. The van der Waals surface area contributed by atoms with Crippen LogP contribution in [0.5, 0.6) is 0 Å². The van der Waals surface area contributed by atoms with Crippen LogP contribution in [0.15, 0.2) is 18.2 Å². The molecule has 0 aliphatic carbocycles. The molecule has 0 radical (unpaired) electrons. The smallest absolute Gasteiger partial charge is 0.187 e. The topological polar surface area (TPSA) is 47.7 Å². The monoisotopic (exact) mass is 254 g/mol. The summed E-state index contributed by atoms with van der Waals surface area (Å²) in [6.07, 6.45) is 0.883. The highest BCUT2D eigenvalue weighted by Crippen LogP contribution is 2.36. The summed E-state index contributed by atoms with van der Waals surface area (Å²) < 4.78 is 11.4. The lowest BCUT2D eigenvalue weighted by Crippen LogP contribution is -2.34. The summed E-state index contributed by atoms with van der Waals surface area (Å²) in [5.74, 6) is -0.412. The fourth-order valence-corrected chi connectivity index (χ4v) is 2.78. The van der Waals surface area contributed by atoms with Crippen molar-refractivity contribution >= 4 is 23.0 Å². The molecular formula is C12H15ClN2O2. The van der Waals surface area contributed by atoms with E-state index < -0.39 is 5.79 Å². The van der Waals surface area contributed by atoms with E-state index in [1.54, 1.807) is 6.07 Å². The molecule has 4 nitrogen and oxygen atoms in total. The third kappa shape index (κ3) is 1.97. The highest BCUT2D eigenvalue weighted by Gasteiger charge is 2.43. The molecular weight excluding hydrogens is 240 g/mol. The van der Waals surface area contributed by atoms with Gasteiger partial charge in [-0.05, 0) is 18.2 Å². The molecule has 1 aromatic rings. The molecule has 92 valence electrons. The molecule has 0 amide bonds. The maximum Gasteiger partial charge on any atom is 0.187 e. The van der Waals surface area contributed by atoms with E-state index in [1.165, 1.54) is 0 Å². The average molecular weight is 255 g/mol. The molecule has 2 aliphatic heterocycles. The van der Waals surface area contributed by atoms with E-state index in [-0.39, 0.29) is 0 Å². The minimum Gasteiger partial charge on any atom is -0.399 e. The Labute approximate surface area is 105 Å². The molecule has 0 aromatic heterocycles. The molecule has 2 N–H and O–H groups in total. The van der Waals surface area contributed by atoms with Gasteiger partial charge in [0.1, 0.15) is 0 Å². The predicted molar refractivity (Wildman–Crippen MR) is 67.3 cm³/mol. The molecule has 3 rings (SSSR count). The van der Waals surface area contributed by atoms with Crippen LogP contribution in [0.25, 0.3) is 0 Å². The van der Waals surface area contributed by atoms with Crippen LogP contribution in [-0.4, -0.2) is 32.1 Å². The number of benzene rings is 1. The third-order valence-electron chi connectivity index (χ3n) is 3.32. The minimum absolute atomic E-state index is 0.412. The number of hydrogen-bond acceptors (Lipinski definition) is 4. The normalized spacial score (nSPS) is 22.5. The van der Waals surface area contributed by atoms with Crippen LogP contribution in [0.3, 0.4) is 0 Å². The maximum absolute atomic E-state index is 6.20. The van der Waals surface area contributed by atoms with Crippen molar-refractivity contribution in [1.82, 2.24) is 0 Å². The zero-order chi connectivity index (χ0) is 11.9. The van der Waals surface area contributed by atoms with Crippen molar-refractivity contribution in [1.29, 1.82) is 0 Å². The first-order valence-corrected chi connectivity index (χ1v) is 6.14. The zero-order valence-corrected chi connectivity index (χ0v) is 10.2. The van der Waals surface area contributed by atoms with E-state index in [9.17, 15) is 0 Å². The SMILES string of the molecule is Nc1ccc(N2CCC3(C2)OCCO3)c(Cl)c1. The van der Waals surface area contributed by atoms with Crippen LogP contribution in [0.2, 0.25) is 5.02 Å². The van der Waals surface area contributed by atoms with E-state index in [0.29, 0.717) is 23.9 Å². The Morgan fingerprint density at radius 1 is 1.29 bits per heavy atom. The molecule has 5 heteroatoms.